The summed E-state index contributed by atoms with van der Waals surface area (Å²) in [5.41, 5.74) is 6.55. The van der Waals surface area contributed by atoms with E-state index in [0.29, 0.717) is 87.4 Å². The zero-order valence-corrected chi connectivity index (χ0v) is 75.4. The number of amides is 6. The first-order chi connectivity index (χ1) is 62.5. The van der Waals surface area contributed by atoms with Crippen molar-refractivity contribution in [2.75, 3.05) is 69.3 Å². The van der Waals surface area contributed by atoms with Crippen LogP contribution in [0.4, 0.5) is 46.4 Å². The number of aliphatic imine (C=N–C) groups is 1. The number of ether oxygens (including phenoxy) is 1. The lowest BCUT2D eigenvalue weighted by molar-refractivity contribution is -0.384. The van der Waals surface area contributed by atoms with Crippen molar-refractivity contribution in [3.05, 3.63) is 235 Å². The largest absolute Gasteiger partial charge is 0.508 e. The third-order valence-corrected chi connectivity index (χ3v) is 27.7. The number of terminal acetylenes is 1. The highest BCUT2D eigenvalue weighted by atomic mass is 35.5. The number of aliphatic carboxylic acids is 1. The lowest BCUT2D eigenvalue weighted by Gasteiger charge is -2.54. The number of hydrogen-bond acceptors (Lipinski definition) is 21. The van der Waals surface area contributed by atoms with Gasteiger partial charge in [-0.25, -0.2) is 9.59 Å². The number of primary amides is 1. The number of carbonyl (C=O) groups is 9. The molecule has 0 unspecified atom stereocenters. The summed E-state index contributed by atoms with van der Waals surface area (Å²) in [7, 11) is 9.89. The number of benzodiazepines with no additional fused rings is 1. The van der Waals surface area contributed by atoms with Crippen molar-refractivity contribution in [2.45, 2.75) is 147 Å². The number of nitro groups is 1. The molecule has 29 nitrogen and oxygen atoms in total. The van der Waals surface area contributed by atoms with Crippen LogP contribution in [-0.4, -0.2) is 176 Å². The Kier molecular flexibility index (Phi) is 30.2. The van der Waals surface area contributed by atoms with Gasteiger partial charge in [0, 0.05) is 116 Å². The topological polar surface area (TPSA) is 436 Å². The Morgan fingerprint density at radius 3 is 2.08 bits per heavy atom. The second-order valence-electron chi connectivity index (χ2n) is 35.9. The Hall–Kier alpha value is -13.1. The number of non-ortho nitro benzene ring substituents is 1. The Morgan fingerprint density at radius 2 is 1.46 bits per heavy atom. The predicted octanol–water partition coefficient (Wildman–Crippen LogP) is 14.7. The van der Waals surface area contributed by atoms with Crippen LogP contribution >= 0.6 is 11.6 Å². The number of carboxylic acid groups (broad SMARTS) is 1. The van der Waals surface area contributed by atoms with Crippen molar-refractivity contribution in [1.29, 1.82) is 0 Å². The number of alkyl halides is 3. The summed E-state index contributed by atoms with van der Waals surface area (Å²) in [6.07, 6.45) is 17.0. The molecule has 132 heavy (non-hydrogen) atoms. The number of hydrogen-bond donors (Lipinski definition) is 11. The van der Waals surface area contributed by atoms with Gasteiger partial charge in [-0.05, 0) is 223 Å². The molecule has 0 saturated heterocycles. The van der Waals surface area contributed by atoms with Gasteiger partial charge in [-0.2, -0.15) is 13.2 Å². The zero-order valence-electron chi connectivity index (χ0n) is 74.6. The Morgan fingerprint density at radius 1 is 0.795 bits per heavy atom. The Bertz CT molecular complexity index is 5790. The molecule has 33 heteroatoms. The number of aliphatic hydroxyl groups excluding tert-OH is 2. The normalized spacial score (nSPS) is 24.6. The number of Topliss-reactive ketones (excluding diaryl/α,β-unsaturated/α-hetero) is 2. The maximum atomic E-state index is 13.7. The number of nitrogens with one attached hydrogen (secondary N) is 4. The number of fused-ring (bicyclic) bond motifs is 9. The van der Waals surface area contributed by atoms with E-state index in [1.165, 1.54) is 65.4 Å². The van der Waals surface area contributed by atoms with Gasteiger partial charge in [-0.15, -0.1) is 6.42 Å². The van der Waals surface area contributed by atoms with E-state index < -0.39 is 103 Å². The minimum absolute atomic E-state index is 0.0171. The molecule has 16 rings (SSSR count). The van der Waals surface area contributed by atoms with Crippen molar-refractivity contribution in [3.63, 3.8) is 0 Å². The number of aromatic hydroxyl groups is 1. The van der Waals surface area contributed by atoms with Gasteiger partial charge in [0.15, 0.2) is 17.2 Å². The molecule has 0 bridgehead atoms. The van der Waals surface area contributed by atoms with E-state index in [1.807, 2.05) is 85.7 Å². The number of anilines is 4. The van der Waals surface area contributed by atoms with E-state index in [9.17, 15) is 97.1 Å². The van der Waals surface area contributed by atoms with E-state index in [0.717, 1.165) is 99.6 Å². The molecule has 696 valence electrons. The number of carboxylic acids is 1. The van der Waals surface area contributed by atoms with Crippen molar-refractivity contribution in [1.82, 2.24) is 20.5 Å². The maximum Gasteiger partial charge on any atom is 0.417 e. The molecule has 6 aromatic carbocycles. The van der Waals surface area contributed by atoms with Crippen LogP contribution in [0.2, 0.25) is 5.02 Å². The van der Waals surface area contributed by atoms with Crippen LogP contribution in [0.5, 0.6) is 17.2 Å². The van der Waals surface area contributed by atoms with Gasteiger partial charge < -0.3 is 72.2 Å². The maximum absolute atomic E-state index is 13.7. The summed E-state index contributed by atoms with van der Waals surface area (Å²) in [6, 6.07) is 36.0. The van der Waals surface area contributed by atoms with Crippen molar-refractivity contribution >= 4 is 104 Å². The van der Waals surface area contributed by atoms with Crippen LogP contribution in [0.25, 0.3) is 5.76 Å². The highest BCUT2D eigenvalue weighted by Gasteiger charge is 2.65. The quantitative estimate of drug-likeness (QED) is 0.0185. The average Bonchev–Trinajstić information content (AvgIpc) is 1.02. The average molecular weight is 1830 g/mol. The standard InChI is InChI=1S/C23H27N3O7.C21H16ClF3N4O3.C20H26O2.C19H27NO3.C16H13N3O3/c1-25(2)12-5-6-13(27)15-10(12)7-9-8-11-17(26(3)4)19(29)16(22(24)32)21(31)23(11,33)20(30)14(9)18(15)28;1-26-19(30)18-11-15(8-9-27-18)32-14-5-2-12(3-6-14)28-20(31)29-13-4-7-17(22)16(10-13)21(23,24)25;1-3-20(22)11-9-18-17-6-4-13-12-14(21)5-7-15(13)16(17)8-10-19(18,20)2;1-13(2)15-8-10-16(11-9-15)18(21)20-17(19(22)23)12-14-6-4-3-5-7-14;1-18-14-8-7-12(19(21)22)9-13(14)16(17-10-15(18)20)11-5-3-2-4-6-11/h5-6,9,11,17,27-28,31,33H,7-8H2,1-4H3,(H2,24,32);2-11H,1H3,(H,26,30)(H2,28,29,31);1,12,15-18,22H,4-11H2,2H3;3-7,13,15-17H,8-12H2,1-2H3,(H,20,21)(H,22,23);2-9H,10H2,1H3/t9-,11-,17-,23-;;15-,16+,17+,18-,19-,20-;15?,16?,17-;/m0.01./s1. The molecule has 0 spiro atoms. The molecule has 6 amide bonds. The van der Waals surface area contributed by atoms with Gasteiger partial charge in [0.05, 0.1) is 38.5 Å². The number of aromatic nitrogens is 1. The lowest BCUT2D eigenvalue weighted by atomic mass is 9.50. The van der Waals surface area contributed by atoms with Crippen LogP contribution < -0.4 is 41.5 Å². The van der Waals surface area contributed by atoms with Crippen LogP contribution in [0.3, 0.4) is 0 Å². The summed E-state index contributed by atoms with van der Waals surface area (Å²) in [4.78, 5) is 134. The highest BCUT2D eigenvalue weighted by molar-refractivity contribution is 6.31. The fourth-order valence-corrected chi connectivity index (χ4v) is 20.7. The number of phenolic OH excluding ortho intramolecular Hbond substituents is 1. The summed E-state index contributed by atoms with van der Waals surface area (Å²) in [6.45, 7) is 6.70. The summed E-state index contributed by atoms with van der Waals surface area (Å²) >= 11 is 5.57. The fourth-order valence-electron chi connectivity index (χ4n) is 20.5. The number of halogens is 4. The number of nitro benzene ring substituents is 1. The molecule has 5 saturated carbocycles. The second kappa shape index (κ2) is 40.7. The molecule has 8 aliphatic carbocycles. The molecule has 9 aliphatic rings. The molecule has 1 aromatic heterocycles. The summed E-state index contributed by atoms with van der Waals surface area (Å²) < 4.78 is 44.5. The van der Waals surface area contributed by atoms with Gasteiger partial charge in [0.25, 0.3) is 17.5 Å². The van der Waals surface area contributed by atoms with Crippen molar-refractivity contribution < 1.29 is 96.6 Å². The van der Waals surface area contributed by atoms with Gasteiger partial charge >= 0.3 is 18.2 Å². The zero-order chi connectivity index (χ0) is 95.9. The number of phenols is 1. The number of aliphatic hydroxyl groups is 4. The first kappa shape index (κ1) is 98.0. The molecule has 2 heterocycles. The number of benzene rings is 6. The van der Waals surface area contributed by atoms with E-state index in [1.54, 1.807) is 63.6 Å². The molecule has 1 aliphatic heterocycles. The van der Waals surface area contributed by atoms with Gasteiger partial charge in [0.2, 0.25) is 17.6 Å². The number of allylic oxidation sites excluding steroid dienone is 1. The lowest BCUT2D eigenvalue weighted by Crippen LogP contribution is -2.65. The third kappa shape index (κ3) is 20.8. The minimum Gasteiger partial charge on any atom is -0.508 e. The monoisotopic (exact) mass is 1830 g/mol. The third-order valence-electron chi connectivity index (χ3n) is 27.4. The second-order valence-corrected chi connectivity index (χ2v) is 36.3. The number of carbonyl (C=O) groups excluding carboxylic acids is 8. The van der Waals surface area contributed by atoms with Crippen LogP contribution in [0.1, 0.15) is 148 Å². The Balaban J connectivity index is 0.000000151. The van der Waals surface area contributed by atoms with Crippen LogP contribution in [-0.2, 0) is 52.6 Å². The van der Waals surface area contributed by atoms with Gasteiger partial charge in [-0.3, -0.25) is 58.6 Å². The molecule has 11 atom stereocenters. The highest BCUT2D eigenvalue weighted by Crippen LogP contribution is 2.65. The molecule has 7 aromatic rings. The molecule has 0 radical (unpaired) electrons. The minimum atomic E-state index is -4.64. The van der Waals surface area contributed by atoms with E-state index >= 15 is 0 Å². The number of pyridine rings is 1. The predicted molar refractivity (Wildman–Crippen MR) is 491 cm³/mol. The molecule has 12 N–H and O–H groups in total. The van der Waals surface area contributed by atoms with E-state index in [4.69, 9.17) is 28.5 Å². The number of nitrogens with two attached hydrogens (primary N) is 1. The summed E-state index contributed by atoms with van der Waals surface area (Å²) in [5.74, 6) is -0.340. The van der Waals surface area contributed by atoms with Crippen molar-refractivity contribution in [2.24, 2.45) is 69.4 Å². The first-order valence-electron chi connectivity index (χ1n) is 43.8. The Labute approximate surface area is 767 Å². The molecule has 5 fully saturated rings. The van der Waals surface area contributed by atoms with E-state index in [-0.39, 0.29) is 82.4 Å². The van der Waals surface area contributed by atoms with Gasteiger partial charge in [-0.1, -0.05) is 105 Å². The fraction of sp³-hybridized carbons (Fsp3) is 0.404. The molecular formula is C99H109ClF3N11O18. The van der Waals surface area contributed by atoms with Crippen LogP contribution in [0.15, 0.2) is 185 Å². The van der Waals surface area contributed by atoms with Crippen molar-refractivity contribution in [3.8, 4) is 29.6 Å². The van der Waals surface area contributed by atoms with Gasteiger partial charge in [0.1, 0.15) is 58.2 Å². The number of ketones is 3. The van der Waals surface area contributed by atoms with Crippen LogP contribution in [0, 0.1) is 81.1 Å². The summed E-state index contributed by atoms with van der Waals surface area (Å²) in [5, 5.41) is 84.8. The number of urea groups is 1. The smallest absolute Gasteiger partial charge is 0.417 e. The van der Waals surface area contributed by atoms with E-state index in [2.05, 4.69) is 57.9 Å². The molecular weight excluding hydrogens is 1720 g/mol. The first-order valence-corrected chi connectivity index (χ1v) is 44.1. The number of rotatable bonds is 16. The number of nitrogens with zero attached hydrogens (tertiary/aromatic N) is 6. The SMILES string of the molecule is C#C[C@]1(O)CC[C@H]2[C@@H]3CCC4=CC(=O)CC[C@@H]4[C@H]3CC[C@@]21C.CC(C)C1CCC(C(=O)N[C@H](Cc2ccccc2)C(=O)O)CC1.CN(C)c1ccc(O)c2c1C[C@H]1C[C@H]3[C@H](N(C)C)C(=O)C(C(N)=O)=C(O)[C@@]3(O)C(=O)C1=C2O.CN1C(=O)CN=C(c2ccccc2)c2cc([N+](=O)[O-])ccc21.CNC(=O)c1cc(Oc2ccc(NC(=O)Nc3ccc(Cl)c(C(F)(F)F)c3)cc2)ccn1. The number of likely N-dealkylation sites (N-methyl/N-ethyl adjacent to an activating group) is 2.